The number of carboxylic acid groups (broad SMARTS) is 1. The molecule has 0 saturated heterocycles. The van der Waals surface area contributed by atoms with E-state index in [9.17, 15) is 4.79 Å². The zero-order valence-corrected chi connectivity index (χ0v) is 14.6. The Morgan fingerprint density at radius 2 is 1.48 bits per heavy atom. The van der Waals surface area contributed by atoms with E-state index in [2.05, 4.69) is 43.4 Å². The molecule has 1 unspecified atom stereocenters. The second-order valence-corrected chi connectivity index (χ2v) is 5.83. The molecule has 0 bridgehead atoms. The lowest BCUT2D eigenvalue weighted by Crippen LogP contribution is -2.15. The van der Waals surface area contributed by atoms with Crippen molar-refractivity contribution in [3.8, 4) is 0 Å². The molecule has 0 heterocycles. The number of aliphatic hydroxyl groups is 1. The van der Waals surface area contributed by atoms with Crippen LogP contribution in [0.15, 0.2) is 36.5 Å². The van der Waals surface area contributed by atoms with Gasteiger partial charge in [-0.25, -0.2) is 0 Å². The maximum absolute atomic E-state index is 10.9. The largest absolute Gasteiger partial charge is 0.481 e. The van der Waals surface area contributed by atoms with Gasteiger partial charge in [-0.2, -0.15) is 0 Å². The van der Waals surface area contributed by atoms with Gasteiger partial charge < -0.3 is 10.2 Å². The summed E-state index contributed by atoms with van der Waals surface area (Å²) in [6.45, 7) is 2.10. The van der Waals surface area contributed by atoms with Crippen LogP contribution in [0.4, 0.5) is 0 Å². The molecule has 132 valence electrons. The number of carboxylic acids is 1. The summed E-state index contributed by atoms with van der Waals surface area (Å²) in [5.41, 5.74) is 0. The Bertz CT molecular complexity index is 356. The quantitative estimate of drug-likeness (QED) is 0.319. The summed E-state index contributed by atoms with van der Waals surface area (Å²) >= 11 is 0. The average Bonchev–Trinajstić information content (AvgIpc) is 2.54. The van der Waals surface area contributed by atoms with E-state index in [1.165, 1.54) is 0 Å². The van der Waals surface area contributed by atoms with E-state index in [0.29, 0.717) is 12.8 Å². The lowest BCUT2D eigenvalue weighted by atomic mass is 9.98. The van der Waals surface area contributed by atoms with Crippen molar-refractivity contribution in [1.29, 1.82) is 0 Å². The maximum atomic E-state index is 10.9. The fourth-order valence-electron chi connectivity index (χ4n) is 2.38. The molecule has 0 amide bonds. The Kier molecular flexibility index (Phi) is 16.0. The van der Waals surface area contributed by atoms with Crippen molar-refractivity contribution in [3.63, 3.8) is 0 Å². The van der Waals surface area contributed by atoms with Gasteiger partial charge in [-0.1, -0.05) is 62.6 Å². The van der Waals surface area contributed by atoms with E-state index < -0.39 is 5.97 Å². The molecule has 0 radical (unpaired) electrons. The van der Waals surface area contributed by atoms with Crippen LogP contribution in [-0.2, 0) is 4.79 Å². The third-order valence-electron chi connectivity index (χ3n) is 3.78. The minimum atomic E-state index is -0.778. The van der Waals surface area contributed by atoms with Gasteiger partial charge in [0.2, 0.25) is 0 Å². The third kappa shape index (κ3) is 15.3. The first-order chi connectivity index (χ1) is 11.2. The highest BCUT2D eigenvalue weighted by Gasteiger charge is 2.15. The molecule has 2 N–H and O–H groups in total. The number of unbranched alkanes of at least 4 members (excludes halogenated alkanes) is 4. The first-order valence-electron chi connectivity index (χ1n) is 9.01. The summed E-state index contributed by atoms with van der Waals surface area (Å²) in [5, 5.41) is 17.8. The van der Waals surface area contributed by atoms with Crippen molar-refractivity contribution < 1.29 is 15.0 Å². The molecule has 0 aliphatic carbocycles. The molecule has 3 nitrogen and oxygen atoms in total. The van der Waals surface area contributed by atoms with E-state index in [-0.39, 0.29) is 12.5 Å². The minimum Gasteiger partial charge on any atom is -0.481 e. The molecule has 0 saturated carbocycles. The number of carbonyl (C=O) groups is 1. The second-order valence-electron chi connectivity index (χ2n) is 5.83. The normalized spacial score (nSPS) is 13.5. The van der Waals surface area contributed by atoms with E-state index in [0.717, 1.165) is 51.4 Å². The highest BCUT2D eigenvalue weighted by Crippen LogP contribution is 2.15. The van der Waals surface area contributed by atoms with Crippen LogP contribution in [0.5, 0.6) is 0 Å². The summed E-state index contributed by atoms with van der Waals surface area (Å²) in [7, 11) is 0. The zero-order valence-electron chi connectivity index (χ0n) is 14.6. The van der Waals surface area contributed by atoms with Gasteiger partial charge in [0, 0.05) is 6.61 Å². The molecule has 0 aliphatic rings. The summed E-state index contributed by atoms with van der Waals surface area (Å²) in [6, 6.07) is 0. The van der Waals surface area contributed by atoms with Gasteiger partial charge >= 0.3 is 5.97 Å². The monoisotopic (exact) mass is 322 g/mol. The Balaban J connectivity index is 3.46. The van der Waals surface area contributed by atoms with Crippen molar-refractivity contribution in [2.24, 2.45) is 5.92 Å². The highest BCUT2D eigenvalue weighted by atomic mass is 16.4. The number of aliphatic hydroxyl groups excluding tert-OH is 1. The standard InChI is InChI=1S/C20H34O3/c1-2-3-4-5-6-7-8-9-10-11-12-13-14-15-16-19(17-18-21)20(22)23/h3-4,6-7,9-10,19,21H,2,5,8,11-18H2,1H3,(H,22,23). The van der Waals surface area contributed by atoms with Crippen LogP contribution in [0, 0.1) is 5.92 Å². The van der Waals surface area contributed by atoms with Gasteiger partial charge in [-0.3, -0.25) is 4.79 Å². The summed E-state index contributed by atoms with van der Waals surface area (Å²) in [6.07, 6.45) is 22.8. The van der Waals surface area contributed by atoms with Crippen molar-refractivity contribution in [3.05, 3.63) is 36.5 Å². The van der Waals surface area contributed by atoms with Crippen LogP contribution in [0.2, 0.25) is 0 Å². The Morgan fingerprint density at radius 3 is 2.09 bits per heavy atom. The third-order valence-corrected chi connectivity index (χ3v) is 3.78. The number of hydrogen-bond donors (Lipinski definition) is 2. The molecular weight excluding hydrogens is 288 g/mol. The molecule has 0 aromatic carbocycles. The molecule has 0 aromatic rings. The topological polar surface area (TPSA) is 57.5 Å². The molecule has 3 heteroatoms. The van der Waals surface area contributed by atoms with Crippen LogP contribution >= 0.6 is 0 Å². The zero-order chi connectivity index (χ0) is 17.2. The van der Waals surface area contributed by atoms with Gasteiger partial charge in [0.05, 0.1) is 5.92 Å². The molecule has 23 heavy (non-hydrogen) atoms. The first kappa shape index (κ1) is 21.6. The van der Waals surface area contributed by atoms with Crippen LogP contribution in [-0.4, -0.2) is 22.8 Å². The minimum absolute atomic E-state index is 0.0366. The summed E-state index contributed by atoms with van der Waals surface area (Å²) < 4.78 is 0. The van der Waals surface area contributed by atoms with Gasteiger partial charge in [0.1, 0.15) is 0 Å². The van der Waals surface area contributed by atoms with Gasteiger partial charge in [0.25, 0.3) is 0 Å². The molecule has 0 rings (SSSR count). The number of aliphatic carboxylic acids is 1. The SMILES string of the molecule is CCC=CCC=CCC=CCCCCCCC(CCO)C(=O)O. The van der Waals surface area contributed by atoms with E-state index in [4.69, 9.17) is 10.2 Å². The van der Waals surface area contributed by atoms with Crippen molar-refractivity contribution >= 4 is 5.97 Å². The second kappa shape index (κ2) is 17.0. The van der Waals surface area contributed by atoms with E-state index >= 15 is 0 Å². The molecular formula is C20H34O3. The fourth-order valence-corrected chi connectivity index (χ4v) is 2.38. The van der Waals surface area contributed by atoms with Gasteiger partial charge in [-0.05, 0) is 44.9 Å². The van der Waals surface area contributed by atoms with Crippen LogP contribution in [0.25, 0.3) is 0 Å². The molecule has 1 atom stereocenters. The number of allylic oxidation sites excluding steroid dienone is 6. The van der Waals surface area contributed by atoms with Crippen LogP contribution < -0.4 is 0 Å². The Morgan fingerprint density at radius 1 is 0.870 bits per heavy atom. The van der Waals surface area contributed by atoms with Crippen molar-refractivity contribution in [2.45, 2.75) is 71.1 Å². The predicted molar refractivity (Wildman–Crippen MR) is 97.5 cm³/mol. The lowest BCUT2D eigenvalue weighted by Gasteiger charge is -2.09. The fraction of sp³-hybridized carbons (Fsp3) is 0.650. The summed E-state index contributed by atoms with van der Waals surface area (Å²) in [4.78, 5) is 10.9. The number of hydrogen-bond acceptors (Lipinski definition) is 2. The predicted octanol–water partition coefficient (Wildman–Crippen LogP) is 5.27. The Hall–Kier alpha value is -1.35. The molecule has 0 aromatic heterocycles. The van der Waals surface area contributed by atoms with Crippen molar-refractivity contribution in [1.82, 2.24) is 0 Å². The average molecular weight is 322 g/mol. The first-order valence-corrected chi connectivity index (χ1v) is 9.01. The van der Waals surface area contributed by atoms with Crippen LogP contribution in [0.3, 0.4) is 0 Å². The molecule has 0 spiro atoms. The lowest BCUT2D eigenvalue weighted by molar-refractivity contribution is -0.142. The highest BCUT2D eigenvalue weighted by molar-refractivity contribution is 5.69. The number of rotatable bonds is 15. The smallest absolute Gasteiger partial charge is 0.306 e. The Labute approximate surface area is 141 Å². The van der Waals surface area contributed by atoms with Gasteiger partial charge in [-0.15, -0.1) is 0 Å². The van der Waals surface area contributed by atoms with Gasteiger partial charge in [0.15, 0.2) is 0 Å². The van der Waals surface area contributed by atoms with E-state index in [1.54, 1.807) is 0 Å². The van der Waals surface area contributed by atoms with E-state index in [1.807, 2.05) is 0 Å². The molecule has 0 fully saturated rings. The van der Waals surface area contributed by atoms with Crippen molar-refractivity contribution in [2.75, 3.05) is 6.61 Å². The maximum Gasteiger partial charge on any atom is 0.306 e. The summed E-state index contributed by atoms with van der Waals surface area (Å²) in [5.74, 6) is -1.15. The van der Waals surface area contributed by atoms with Crippen LogP contribution in [0.1, 0.15) is 71.1 Å². The molecule has 0 aliphatic heterocycles.